The topological polar surface area (TPSA) is 49.4 Å². The fourth-order valence-corrected chi connectivity index (χ4v) is 3.02. The van der Waals surface area contributed by atoms with Crippen LogP contribution in [0.25, 0.3) is 6.08 Å². The Morgan fingerprint density at radius 2 is 2.19 bits per heavy atom. The zero-order chi connectivity index (χ0) is 15.1. The monoisotopic (exact) mass is 306 g/mol. The van der Waals surface area contributed by atoms with Crippen molar-refractivity contribution in [2.45, 2.75) is 26.2 Å². The van der Waals surface area contributed by atoms with Crippen molar-refractivity contribution >= 4 is 29.2 Å². The second-order valence-corrected chi connectivity index (χ2v) is 6.22. The number of thiophene rings is 1. The minimum Gasteiger partial charge on any atom is -0.356 e. The van der Waals surface area contributed by atoms with Gasteiger partial charge in [-0.3, -0.25) is 9.59 Å². The highest BCUT2D eigenvalue weighted by atomic mass is 32.1. The molecule has 1 N–H and O–H groups in total. The van der Waals surface area contributed by atoms with Gasteiger partial charge in [-0.1, -0.05) is 13.0 Å². The van der Waals surface area contributed by atoms with E-state index in [0.717, 1.165) is 30.7 Å². The van der Waals surface area contributed by atoms with Crippen molar-refractivity contribution < 1.29 is 9.59 Å². The first-order valence-electron chi connectivity index (χ1n) is 7.49. The molecule has 0 aliphatic carbocycles. The van der Waals surface area contributed by atoms with Crippen LogP contribution in [-0.4, -0.2) is 36.3 Å². The summed E-state index contributed by atoms with van der Waals surface area (Å²) < 4.78 is 0. The molecule has 0 saturated carbocycles. The lowest BCUT2D eigenvalue weighted by Gasteiger charge is -2.30. The van der Waals surface area contributed by atoms with E-state index in [2.05, 4.69) is 5.32 Å². The normalized spacial score (nSPS) is 16.3. The maximum absolute atomic E-state index is 12.1. The molecule has 0 radical (unpaired) electrons. The van der Waals surface area contributed by atoms with Crippen molar-refractivity contribution in [2.24, 2.45) is 5.92 Å². The van der Waals surface area contributed by atoms with E-state index in [4.69, 9.17) is 0 Å². The summed E-state index contributed by atoms with van der Waals surface area (Å²) in [7, 11) is 0. The van der Waals surface area contributed by atoms with E-state index < -0.39 is 0 Å². The summed E-state index contributed by atoms with van der Waals surface area (Å²) in [6, 6.07) is 3.95. The van der Waals surface area contributed by atoms with Gasteiger partial charge in [0.25, 0.3) is 0 Å². The average Bonchev–Trinajstić information content (AvgIpc) is 3.04. The van der Waals surface area contributed by atoms with Crippen LogP contribution in [0.2, 0.25) is 0 Å². The van der Waals surface area contributed by atoms with Gasteiger partial charge in [0.1, 0.15) is 0 Å². The standard InChI is InChI=1S/C16H22N2O2S/c1-2-9-17-16(20)13-7-10-18(11-8-13)15(19)6-5-14-4-3-12-21-14/h3-6,12-13H,2,7-11H2,1H3,(H,17,20)/b6-5+. The van der Waals surface area contributed by atoms with E-state index in [1.54, 1.807) is 17.4 Å². The molecule has 5 heteroatoms. The van der Waals surface area contributed by atoms with E-state index in [1.807, 2.05) is 35.4 Å². The number of hydrogen-bond donors (Lipinski definition) is 1. The van der Waals surface area contributed by atoms with Crippen LogP contribution in [0.3, 0.4) is 0 Å². The van der Waals surface area contributed by atoms with Gasteiger partial charge in [0.05, 0.1) is 0 Å². The number of likely N-dealkylation sites (tertiary alicyclic amines) is 1. The molecular weight excluding hydrogens is 284 g/mol. The fraction of sp³-hybridized carbons (Fsp3) is 0.500. The lowest BCUT2D eigenvalue weighted by atomic mass is 9.96. The van der Waals surface area contributed by atoms with Gasteiger partial charge >= 0.3 is 0 Å². The molecule has 21 heavy (non-hydrogen) atoms. The second kappa shape index (κ2) is 7.98. The Bertz CT molecular complexity index is 488. The van der Waals surface area contributed by atoms with Crippen molar-refractivity contribution in [1.82, 2.24) is 10.2 Å². The zero-order valence-corrected chi connectivity index (χ0v) is 13.2. The summed E-state index contributed by atoms with van der Waals surface area (Å²) in [6.45, 7) is 4.11. The third-order valence-corrected chi connectivity index (χ3v) is 4.50. The molecule has 1 saturated heterocycles. The molecule has 0 bridgehead atoms. The number of piperidine rings is 1. The van der Waals surface area contributed by atoms with Crippen LogP contribution in [-0.2, 0) is 9.59 Å². The number of carbonyl (C=O) groups excluding carboxylic acids is 2. The highest BCUT2D eigenvalue weighted by molar-refractivity contribution is 7.10. The van der Waals surface area contributed by atoms with Gasteiger partial charge in [-0.05, 0) is 36.8 Å². The first-order chi connectivity index (χ1) is 10.2. The predicted octanol–water partition coefficient (Wildman–Crippen LogP) is 2.53. The third-order valence-electron chi connectivity index (χ3n) is 3.66. The highest BCUT2D eigenvalue weighted by Crippen LogP contribution is 2.18. The summed E-state index contributed by atoms with van der Waals surface area (Å²) >= 11 is 1.61. The zero-order valence-electron chi connectivity index (χ0n) is 12.4. The van der Waals surface area contributed by atoms with Crippen LogP contribution in [0.1, 0.15) is 31.1 Å². The smallest absolute Gasteiger partial charge is 0.246 e. The maximum atomic E-state index is 12.1. The van der Waals surface area contributed by atoms with Gasteiger partial charge in [-0.25, -0.2) is 0 Å². The maximum Gasteiger partial charge on any atom is 0.246 e. The second-order valence-electron chi connectivity index (χ2n) is 5.24. The van der Waals surface area contributed by atoms with Crippen molar-refractivity contribution in [3.8, 4) is 0 Å². The Hall–Kier alpha value is -1.62. The summed E-state index contributed by atoms with van der Waals surface area (Å²) in [4.78, 5) is 26.9. The van der Waals surface area contributed by atoms with Gasteiger partial charge in [0.2, 0.25) is 11.8 Å². The first kappa shape index (κ1) is 15.8. The van der Waals surface area contributed by atoms with Gasteiger partial charge in [0, 0.05) is 36.5 Å². The molecule has 2 rings (SSSR count). The molecule has 0 unspecified atom stereocenters. The van der Waals surface area contributed by atoms with Crippen molar-refractivity contribution in [1.29, 1.82) is 0 Å². The van der Waals surface area contributed by atoms with Crippen LogP contribution >= 0.6 is 11.3 Å². The van der Waals surface area contributed by atoms with Gasteiger partial charge in [-0.2, -0.15) is 0 Å². The molecule has 2 amide bonds. The van der Waals surface area contributed by atoms with E-state index in [1.165, 1.54) is 0 Å². The first-order valence-corrected chi connectivity index (χ1v) is 8.37. The number of amides is 2. The molecule has 1 aliphatic heterocycles. The lowest BCUT2D eigenvalue weighted by molar-refractivity contribution is -0.132. The molecule has 1 fully saturated rings. The minimum absolute atomic E-state index is 0.0378. The van der Waals surface area contributed by atoms with Crippen LogP contribution < -0.4 is 5.32 Å². The van der Waals surface area contributed by atoms with E-state index in [0.29, 0.717) is 13.1 Å². The molecular formula is C16H22N2O2S. The SMILES string of the molecule is CCCNC(=O)C1CCN(C(=O)/C=C/c2cccs2)CC1. The molecule has 0 atom stereocenters. The van der Waals surface area contributed by atoms with Crippen molar-refractivity contribution in [3.63, 3.8) is 0 Å². The average molecular weight is 306 g/mol. The number of nitrogens with zero attached hydrogens (tertiary/aromatic N) is 1. The lowest BCUT2D eigenvalue weighted by Crippen LogP contribution is -2.42. The van der Waals surface area contributed by atoms with Gasteiger partial charge in [-0.15, -0.1) is 11.3 Å². The van der Waals surface area contributed by atoms with Crippen LogP contribution in [0, 0.1) is 5.92 Å². The Labute approximate surface area is 129 Å². The molecule has 2 heterocycles. The van der Waals surface area contributed by atoms with Crippen LogP contribution in [0.5, 0.6) is 0 Å². The number of hydrogen-bond acceptors (Lipinski definition) is 3. The molecule has 0 spiro atoms. The van der Waals surface area contributed by atoms with Crippen molar-refractivity contribution in [3.05, 3.63) is 28.5 Å². The van der Waals surface area contributed by atoms with Crippen molar-refractivity contribution in [2.75, 3.05) is 19.6 Å². The molecule has 1 aromatic rings. The molecule has 1 aromatic heterocycles. The third kappa shape index (κ3) is 4.70. The van der Waals surface area contributed by atoms with Crippen LogP contribution in [0.4, 0.5) is 0 Å². The van der Waals surface area contributed by atoms with E-state index in [9.17, 15) is 9.59 Å². The summed E-state index contributed by atoms with van der Waals surface area (Å²) in [5.41, 5.74) is 0. The molecule has 0 aromatic carbocycles. The van der Waals surface area contributed by atoms with Gasteiger partial charge in [0.15, 0.2) is 0 Å². The fourth-order valence-electron chi connectivity index (χ4n) is 2.40. The van der Waals surface area contributed by atoms with E-state index >= 15 is 0 Å². The Morgan fingerprint density at radius 3 is 2.81 bits per heavy atom. The number of nitrogens with one attached hydrogen (secondary N) is 1. The molecule has 1 aliphatic rings. The van der Waals surface area contributed by atoms with Crippen LogP contribution in [0.15, 0.2) is 23.6 Å². The Morgan fingerprint density at radius 1 is 1.43 bits per heavy atom. The summed E-state index contributed by atoms with van der Waals surface area (Å²) in [6.07, 6.45) is 5.95. The minimum atomic E-state index is 0.0378. The molecule has 114 valence electrons. The Balaban J connectivity index is 1.78. The van der Waals surface area contributed by atoms with Gasteiger partial charge < -0.3 is 10.2 Å². The Kier molecular flexibility index (Phi) is 5.99. The largest absolute Gasteiger partial charge is 0.356 e. The number of carbonyl (C=O) groups is 2. The molecule has 4 nitrogen and oxygen atoms in total. The highest BCUT2D eigenvalue weighted by Gasteiger charge is 2.26. The van der Waals surface area contributed by atoms with E-state index in [-0.39, 0.29) is 17.7 Å². The quantitative estimate of drug-likeness (QED) is 0.850. The summed E-state index contributed by atoms with van der Waals surface area (Å²) in [5.74, 6) is 0.232. The summed E-state index contributed by atoms with van der Waals surface area (Å²) in [5, 5.41) is 4.93. The number of rotatable bonds is 5. The predicted molar refractivity (Wildman–Crippen MR) is 86.0 cm³/mol.